The van der Waals surface area contributed by atoms with Crippen LogP contribution in [0.3, 0.4) is 0 Å². The van der Waals surface area contributed by atoms with E-state index in [1.165, 1.54) is 4.88 Å². The molecular formula is C14H22N4OS2. The van der Waals surface area contributed by atoms with Gasteiger partial charge in [0.25, 0.3) is 0 Å². The first-order valence-corrected chi connectivity index (χ1v) is 8.57. The van der Waals surface area contributed by atoms with Gasteiger partial charge in [-0.15, -0.1) is 11.3 Å². The Labute approximate surface area is 134 Å². The molecular weight excluding hydrogens is 304 g/mol. The first-order valence-electron chi connectivity index (χ1n) is 6.94. The number of nitrogens with one attached hydrogen (secondary N) is 1. The third-order valence-electron chi connectivity index (χ3n) is 3.09. The molecule has 1 atom stereocenters. The summed E-state index contributed by atoms with van der Waals surface area (Å²) in [7, 11) is 5.63. The number of methoxy groups -OCH3 is 1. The molecule has 0 spiro atoms. The van der Waals surface area contributed by atoms with Crippen molar-refractivity contribution in [2.24, 2.45) is 0 Å². The Bertz CT molecular complexity index is 579. The quantitative estimate of drug-likeness (QED) is 0.847. The van der Waals surface area contributed by atoms with Crippen molar-refractivity contribution in [3.05, 3.63) is 21.0 Å². The number of nitrogens with zero attached hydrogens (tertiary/aromatic N) is 3. The summed E-state index contributed by atoms with van der Waals surface area (Å²) in [4.78, 5) is 13.4. The lowest BCUT2D eigenvalue weighted by atomic mass is 10.3. The fraction of sp³-hybridized carbons (Fsp3) is 0.571. The molecule has 1 N–H and O–H groups in total. The summed E-state index contributed by atoms with van der Waals surface area (Å²) in [5.74, 6) is 0.705. The van der Waals surface area contributed by atoms with E-state index in [4.69, 9.17) is 4.74 Å². The van der Waals surface area contributed by atoms with Crippen molar-refractivity contribution in [2.45, 2.75) is 32.9 Å². The second-order valence-corrected chi connectivity index (χ2v) is 7.15. The molecule has 0 radical (unpaired) electrons. The number of ether oxygens (including phenoxy) is 1. The summed E-state index contributed by atoms with van der Waals surface area (Å²) < 4.78 is 5.36. The highest BCUT2D eigenvalue weighted by atomic mass is 32.1. The van der Waals surface area contributed by atoms with E-state index in [2.05, 4.69) is 29.1 Å². The van der Waals surface area contributed by atoms with Crippen LogP contribution in [-0.2, 0) is 13.0 Å². The largest absolute Gasteiger partial charge is 0.480 e. The number of thiazole rings is 2. The number of rotatable bonds is 7. The van der Waals surface area contributed by atoms with Crippen molar-refractivity contribution >= 4 is 27.8 Å². The van der Waals surface area contributed by atoms with E-state index in [1.54, 1.807) is 29.8 Å². The number of anilines is 1. The molecule has 0 aliphatic rings. The van der Waals surface area contributed by atoms with Crippen molar-refractivity contribution in [2.75, 3.05) is 26.1 Å². The van der Waals surface area contributed by atoms with E-state index >= 15 is 0 Å². The summed E-state index contributed by atoms with van der Waals surface area (Å²) in [5.41, 5.74) is 0. The van der Waals surface area contributed by atoms with Crippen molar-refractivity contribution in [3.8, 4) is 5.88 Å². The average Bonchev–Trinajstić information content (AvgIpc) is 3.11. The molecule has 2 rings (SSSR count). The molecule has 0 saturated heterocycles. The summed E-state index contributed by atoms with van der Waals surface area (Å²) >= 11 is 3.42. The molecule has 0 amide bonds. The average molecular weight is 326 g/mol. The second-order valence-electron chi connectivity index (χ2n) is 4.94. The second kappa shape index (κ2) is 7.20. The SMILES string of the molecule is CCc1cnc(C(C)NCc2sc(N(C)C)nc2OC)s1. The molecule has 0 fully saturated rings. The minimum absolute atomic E-state index is 0.227. The van der Waals surface area contributed by atoms with Gasteiger partial charge in [0.1, 0.15) is 5.01 Å². The van der Waals surface area contributed by atoms with Crippen molar-refractivity contribution < 1.29 is 4.74 Å². The van der Waals surface area contributed by atoms with Crippen LogP contribution in [0.15, 0.2) is 6.20 Å². The molecule has 2 aromatic rings. The summed E-state index contributed by atoms with van der Waals surface area (Å²) in [6, 6.07) is 0.227. The fourth-order valence-corrected chi connectivity index (χ4v) is 3.59. The zero-order valence-corrected chi connectivity index (χ0v) is 14.8. The number of aromatic nitrogens is 2. The first-order chi connectivity index (χ1) is 10.0. The van der Waals surface area contributed by atoms with Gasteiger partial charge >= 0.3 is 0 Å². The van der Waals surface area contributed by atoms with Crippen LogP contribution in [0, 0.1) is 0 Å². The maximum atomic E-state index is 5.36. The van der Waals surface area contributed by atoms with Crippen LogP contribution in [0.25, 0.3) is 0 Å². The van der Waals surface area contributed by atoms with E-state index in [-0.39, 0.29) is 6.04 Å². The molecule has 0 aromatic carbocycles. The first kappa shape index (κ1) is 16.2. The Morgan fingerprint density at radius 2 is 2.14 bits per heavy atom. The molecule has 2 aromatic heterocycles. The van der Waals surface area contributed by atoms with Crippen molar-refractivity contribution in [3.63, 3.8) is 0 Å². The van der Waals surface area contributed by atoms with Gasteiger partial charge in [0, 0.05) is 31.7 Å². The lowest BCUT2D eigenvalue weighted by molar-refractivity contribution is 0.393. The molecule has 21 heavy (non-hydrogen) atoms. The smallest absolute Gasteiger partial charge is 0.230 e. The Kier molecular flexibility index (Phi) is 5.55. The Hall–Kier alpha value is -1.18. The predicted octanol–water partition coefficient (Wildman–Crippen LogP) is 3.09. The highest BCUT2D eigenvalue weighted by molar-refractivity contribution is 7.15. The molecule has 0 aliphatic heterocycles. The van der Waals surface area contributed by atoms with Gasteiger partial charge in [0.2, 0.25) is 5.88 Å². The summed E-state index contributed by atoms with van der Waals surface area (Å²) in [5, 5.41) is 5.58. The molecule has 2 heterocycles. The van der Waals surface area contributed by atoms with Gasteiger partial charge in [-0.25, -0.2) is 4.98 Å². The molecule has 1 unspecified atom stereocenters. The molecule has 0 saturated carbocycles. The standard InChI is InChI=1S/C14H22N4OS2/c1-6-10-7-16-13(20-10)9(2)15-8-11-12(19-5)17-14(21-11)18(3)4/h7,9,15H,6,8H2,1-5H3. The van der Waals surface area contributed by atoms with E-state index in [0.29, 0.717) is 5.88 Å². The minimum Gasteiger partial charge on any atom is -0.480 e. The molecule has 0 bridgehead atoms. The minimum atomic E-state index is 0.227. The van der Waals surface area contributed by atoms with Gasteiger partial charge in [-0.1, -0.05) is 18.3 Å². The third-order valence-corrected chi connectivity index (χ3v) is 5.61. The third kappa shape index (κ3) is 3.93. The van der Waals surface area contributed by atoms with E-state index in [1.807, 2.05) is 25.2 Å². The Morgan fingerprint density at radius 1 is 1.38 bits per heavy atom. The Morgan fingerprint density at radius 3 is 2.71 bits per heavy atom. The maximum absolute atomic E-state index is 5.36. The van der Waals surface area contributed by atoms with Gasteiger partial charge in [0.05, 0.1) is 18.0 Å². The van der Waals surface area contributed by atoms with Gasteiger partial charge in [-0.3, -0.25) is 0 Å². The van der Waals surface area contributed by atoms with E-state index in [0.717, 1.165) is 28.0 Å². The highest BCUT2D eigenvalue weighted by Crippen LogP contribution is 2.31. The topological polar surface area (TPSA) is 50.3 Å². The highest BCUT2D eigenvalue weighted by Gasteiger charge is 2.15. The fourth-order valence-electron chi connectivity index (χ4n) is 1.81. The van der Waals surface area contributed by atoms with Crippen LogP contribution in [0.5, 0.6) is 5.88 Å². The van der Waals surface area contributed by atoms with Gasteiger partial charge in [-0.05, 0) is 13.3 Å². The zero-order valence-electron chi connectivity index (χ0n) is 13.1. The van der Waals surface area contributed by atoms with Gasteiger partial charge in [-0.2, -0.15) is 4.98 Å². The lowest BCUT2D eigenvalue weighted by Crippen LogP contribution is -2.17. The van der Waals surface area contributed by atoms with Crippen LogP contribution in [0.2, 0.25) is 0 Å². The number of hydrogen-bond donors (Lipinski definition) is 1. The van der Waals surface area contributed by atoms with Crippen molar-refractivity contribution in [1.82, 2.24) is 15.3 Å². The summed E-state index contributed by atoms with van der Waals surface area (Å²) in [6.07, 6.45) is 3.01. The molecule has 7 heteroatoms. The molecule has 5 nitrogen and oxygen atoms in total. The number of aryl methyl sites for hydroxylation is 1. The predicted molar refractivity (Wildman–Crippen MR) is 89.7 cm³/mol. The van der Waals surface area contributed by atoms with Crippen LogP contribution < -0.4 is 15.0 Å². The summed E-state index contributed by atoms with van der Waals surface area (Å²) in [6.45, 7) is 5.02. The van der Waals surface area contributed by atoms with Crippen LogP contribution in [0.4, 0.5) is 5.13 Å². The monoisotopic (exact) mass is 326 g/mol. The van der Waals surface area contributed by atoms with Crippen molar-refractivity contribution in [1.29, 1.82) is 0 Å². The van der Waals surface area contributed by atoms with E-state index < -0.39 is 0 Å². The number of hydrogen-bond acceptors (Lipinski definition) is 7. The Balaban J connectivity index is 2.01. The van der Waals surface area contributed by atoms with Gasteiger partial charge < -0.3 is 15.0 Å². The van der Waals surface area contributed by atoms with Crippen LogP contribution >= 0.6 is 22.7 Å². The van der Waals surface area contributed by atoms with Gasteiger partial charge in [0.15, 0.2) is 5.13 Å². The zero-order chi connectivity index (χ0) is 15.4. The maximum Gasteiger partial charge on any atom is 0.230 e. The molecule has 116 valence electrons. The van der Waals surface area contributed by atoms with Crippen LogP contribution in [0.1, 0.15) is 34.7 Å². The van der Waals surface area contributed by atoms with Crippen LogP contribution in [-0.4, -0.2) is 31.2 Å². The normalized spacial score (nSPS) is 12.4. The lowest BCUT2D eigenvalue weighted by Gasteiger charge is -2.10. The molecule has 0 aliphatic carbocycles. The van der Waals surface area contributed by atoms with E-state index in [9.17, 15) is 0 Å².